The van der Waals surface area contributed by atoms with Crippen LogP contribution in [-0.2, 0) is 33.3 Å². The summed E-state index contributed by atoms with van der Waals surface area (Å²) in [6.45, 7) is 20.5. The predicted molar refractivity (Wildman–Crippen MR) is 153 cm³/mol. The van der Waals surface area contributed by atoms with Crippen molar-refractivity contribution in [1.29, 1.82) is 0 Å². The molecule has 0 radical (unpaired) electrons. The SMILES string of the molecule is CC(C)C.CC(C)C(=O)CCC1(C)OCC(CO)O1.CC(C)C(C)(N)C(=O)CCC1(C)OCC2OCC(O)C2O1. The summed E-state index contributed by atoms with van der Waals surface area (Å²) in [4.78, 5) is 23.7. The number of ether oxygens (including phenoxy) is 5. The number of rotatable bonds is 10. The highest BCUT2D eigenvalue weighted by Crippen LogP contribution is 2.34. The molecule has 3 saturated heterocycles. The zero-order valence-corrected chi connectivity index (χ0v) is 26.5. The van der Waals surface area contributed by atoms with Gasteiger partial charge in [0.05, 0.1) is 32.0 Å². The second-order valence-electron chi connectivity index (χ2n) is 13.0. The number of carbonyl (C=O) groups excluding carboxylic acids is 2. The van der Waals surface area contributed by atoms with Crippen molar-refractivity contribution in [3.63, 3.8) is 0 Å². The average Bonchev–Trinajstić information content (AvgIpc) is 3.43. The van der Waals surface area contributed by atoms with Gasteiger partial charge in [0.15, 0.2) is 17.4 Å². The van der Waals surface area contributed by atoms with E-state index in [-0.39, 0.29) is 61.3 Å². The lowest BCUT2D eigenvalue weighted by Crippen LogP contribution is -2.53. The first-order chi connectivity index (χ1) is 18.4. The third-order valence-electron chi connectivity index (χ3n) is 7.44. The first kappa shape index (κ1) is 37.0. The van der Waals surface area contributed by atoms with Crippen molar-refractivity contribution in [2.24, 2.45) is 23.5 Å². The fourth-order valence-corrected chi connectivity index (χ4v) is 4.15. The predicted octanol–water partition coefficient (Wildman–Crippen LogP) is 3.38. The van der Waals surface area contributed by atoms with Gasteiger partial charge in [-0.2, -0.15) is 0 Å². The lowest BCUT2D eigenvalue weighted by atomic mass is 9.83. The second kappa shape index (κ2) is 16.0. The number of aliphatic hydroxyl groups excluding tert-OH is 2. The Morgan fingerprint density at radius 3 is 1.95 bits per heavy atom. The molecule has 0 saturated carbocycles. The van der Waals surface area contributed by atoms with Crippen LogP contribution in [0.2, 0.25) is 0 Å². The molecule has 4 N–H and O–H groups in total. The maximum absolute atomic E-state index is 12.3. The van der Waals surface area contributed by atoms with Crippen molar-refractivity contribution in [2.45, 2.75) is 136 Å². The fourth-order valence-electron chi connectivity index (χ4n) is 4.15. The molecule has 0 bridgehead atoms. The van der Waals surface area contributed by atoms with E-state index in [1.807, 2.05) is 34.6 Å². The Labute approximate surface area is 241 Å². The Balaban J connectivity index is 0.000000368. The van der Waals surface area contributed by atoms with Crippen LogP contribution in [0.5, 0.6) is 0 Å². The van der Waals surface area contributed by atoms with Crippen LogP contribution < -0.4 is 5.73 Å². The molecule has 10 nitrogen and oxygen atoms in total. The maximum atomic E-state index is 12.3. The van der Waals surface area contributed by atoms with Gasteiger partial charge in [0.2, 0.25) is 0 Å². The van der Waals surface area contributed by atoms with Crippen LogP contribution in [0, 0.1) is 17.8 Å². The Bertz CT molecular complexity index is 784. The standard InChI is InChI=1S/C15H27NO5.C11H20O4.C4H10/c1-9(2)15(4,16)12(18)5-6-14(3)20-8-11-13(21-14)10(17)7-19-11;1-8(2)10(13)4-5-11(3)14-7-9(6-12)15-11;1-4(2)3/h9-11,13,17H,5-8,16H2,1-4H3;8-9,12H,4-7H2,1-3H3;4H,1-3H3. The molecule has 236 valence electrons. The molecule has 7 atom stereocenters. The van der Waals surface area contributed by atoms with Crippen LogP contribution >= 0.6 is 0 Å². The lowest BCUT2D eigenvalue weighted by Gasteiger charge is -2.40. The van der Waals surface area contributed by atoms with E-state index >= 15 is 0 Å². The zero-order chi connectivity index (χ0) is 30.9. The third kappa shape index (κ3) is 11.7. The van der Waals surface area contributed by atoms with Crippen LogP contribution in [0.25, 0.3) is 0 Å². The first-order valence-corrected chi connectivity index (χ1v) is 14.7. The van der Waals surface area contributed by atoms with Crippen molar-refractivity contribution in [3.05, 3.63) is 0 Å². The number of carbonyl (C=O) groups is 2. The fraction of sp³-hybridized carbons (Fsp3) is 0.933. The number of hydrogen-bond acceptors (Lipinski definition) is 10. The topological polar surface area (TPSA) is 147 Å². The number of Topliss-reactive ketones (excluding diaryl/α,β-unsaturated/α-hetero) is 2. The van der Waals surface area contributed by atoms with Crippen LogP contribution in [0.3, 0.4) is 0 Å². The lowest BCUT2D eigenvalue weighted by molar-refractivity contribution is -0.311. The molecule has 0 aromatic rings. The van der Waals surface area contributed by atoms with Crippen LogP contribution in [-0.4, -0.2) is 89.7 Å². The van der Waals surface area contributed by atoms with Crippen molar-refractivity contribution >= 4 is 11.6 Å². The van der Waals surface area contributed by atoms with Crippen LogP contribution in [0.4, 0.5) is 0 Å². The average molecular weight is 576 g/mol. The van der Waals surface area contributed by atoms with Crippen molar-refractivity contribution in [1.82, 2.24) is 0 Å². The summed E-state index contributed by atoms with van der Waals surface area (Å²) < 4.78 is 27.9. The molecule has 3 heterocycles. The quantitative estimate of drug-likeness (QED) is 0.354. The number of ketones is 2. The highest BCUT2D eigenvalue weighted by atomic mass is 16.7. The summed E-state index contributed by atoms with van der Waals surface area (Å²) in [6.07, 6.45) is 0.241. The molecule has 7 unspecified atom stereocenters. The molecule has 10 heteroatoms. The van der Waals surface area contributed by atoms with Crippen molar-refractivity contribution < 1.29 is 43.5 Å². The van der Waals surface area contributed by atoms with Crippen LogP contribution in [0.1, 0.15) is 94.9 Å². The Morgan fingerprint density at radius 2 is 1.45 bits per heavy atom. The van der Waals surface area contributed by atoms with E-state index in [9.17, 15) is 14.7 Å². The van der Waals surface area contributed by atoms with Gasteiger partial charge in [0.25, 0.3) is 0 Å². The summed E-state index contributed by atoms with van der Waals surface area (Å²) in [5.41, 5.74) is 5.23. The monoisotopic (exact) mass is 575 g/mol. The highest BCUT2D eigenvalue weighted by Gasteiger charge is 2.47. The van der Waals surface area contributed by atoms with E-state index in [4.69, 9.17) is 34.5 Å². The minimum atomic E-state index is -0.876. The van der Waals surface area contributed by atoms with E-state index < -0.39 is 23.2 Å². The first-order valence-electron chi connectivity index (χ1n) is 14.7. The van der Waals surface area contributed by atoms with Gasteiger partial charge in [-0.25, -0.2) is 0 Å². The summed E-state index contributed by atoms with van der Waals surface area (Å²) in [6, 6.07) is 0. The molecular formula is C30H57NO9. The van der Waals surface area contributed by atoms with Gasteiger partial charge in [-0.15, -0.1) is 0 Å². The molecule has 3 aliphatic rings. The van der Waals surface area contributed by atoms with E-state index in [1.165, 1.54) is 0 Å². The maximum Gasteiger partial charge on any atom is 0.166 e. The Hall–Kier alpha value is -0.980. The summed E-state index contributed by atoms with van der Waals surface area (Å²) in [7, 11) is 0. The molecule has 0 aromatic heterocycles. The van der Waals surface area contributed by atoms with Gasteiger partial charge in [-0.3, -0.25) is 9.59 Å². The van der Waals surface area contributed by atoms with E-state index in [2.05, 4.69) is 20.8 Å². The molecule has 3 rings (SSSR count). The molecule has 40 heavy (non-hydrogen) atoms. The van der Waals surface area contributed by atoms with E-state index in [0.717, 1.165) is 5.92 Å². The number of nitrogens with two attached hydrogens (primary N) is 1. The highest BCUT2D eigenvalue weighted by molar-refractivity contribution is 5.88. The molecule has 0 amide bonds. The normalized spacial score (nSPS) is 33.1. The molecule has 3 fully saturated rings. The molecular weight excluding hydrogens is 518 g/mol. The Morgan fingerprint density at radius 1 is 0.925 bits per heavy atom. The van der Waals surface area contributed by atoms with Gasteiger partial charge in [0.1, 0.15) is 30.2 Å². The van der Waals surface area contributed by atoms with Crippen LogP contribution in [0.15, 0.2) is 0 Å². The number of aliphatic hydroxyl groups is 2. The zero-order valence-electron chi connectivity index (χ0n) is 26.5. The minimum Gasteiger partial charge on any atom is -0.394 e. The van der Waals surface area contributed by atoms with Gasteiger partial charge in [-0.05, 0) is 32.6 Å². The third-order valence-corrected chi connectivity index (χ3v) is 7.44. The largest absolute Gasteiger partial charge is 0.394 e. The van der Waals surface area contributed by atoms with Gasteiger partial charge in [-0.1, -0.05) is 48.5 Å². The molecule has 0 spiro atoms. The summed E-state index contributed by atoms with van der Waals surface area (Å²) in [5.74, 6) is -0.396. The van der Waals surface area contributed by atoms with Crippen molar-refractivity contribution in [3.8, 4) is 0 Å². The molecule has 3 aliphatic heterocycles. The summed E-state index contributed by atoms with van der Waals surface area (Å²) in [5, 5.41) is 18.7. The molecule has 0 aromatic carbocycles. The smallest absolute Gasteiger partial charge is 0.166 e. The van der Waals surface area contributed by atoms with E-state index in [1.54, 1.807) is 13.8 Å². The summed E-state index contributed by atoms with van der Waals surface area (Å²) >= 11 is 0. The number of hydrogen-bond donors (Lipinski definition) is 3. The van der Waals surface area contributed by atoms with Crippen molar-refractivity contribution in [2.75, 3.05) is 26.4 Å². The van der Waals surface area contributed by atoms with Gasteiger partial charge in [0, 0.05) is 31.6 Å². The van der Waals surface area contributed by atoms with Gasteiger partial charge >= 0.3 is 0 Å². The second-order valence-corrected chi connectivity index (χ2v) is 13.0. The van der Waals surface area contributed by atoms with E-state index in [0.29, 0.717) is 32.5 Å². The minimum absolute atomic E-state index is 0.00345. The van der Waals surface area contributed by atoms with Gasteiger partial charge < -0.3 is 39.6 Å². The molecule has 0 aliphatic carbocycles. The number of fused-ring (bicyclic) bond motifs is 1. The Kier molecular flexibility index (Phi) is 14.8.